The summed E-state index contributed by atoms with van der Waals surface area (Å²) in [6.45, 7) is 7.91. The quantitative estimate of drug-likeness (QED) is 0.166. The molecule has 264 valence electrons. The van der Waals surface area contributed by atoms with Gasteiger partial charge < -0.3 is 0 Å². The zero-order valence-electron chi connectivity index (χ0n) is 30.9. The van der Waals surface area contributed by atoms with Crippen molar-refractivity contribution in [3.8, 4) is 78.4 Å². The van der Waals surface area contributed by atoms with Crippen molar-refractivity contribution in [3.63, 3.8) is 0 Å². The zero-order chi connectivity index (χ0) is 37.9. The number of nitrogens with zero attached hydrogens (tertiary/aromatic N) is 3. The van der Waals surface area contributed by atoms with Crippen LogP contribution in [0.5, 0.6) is 0 Å². The molecule has 2 aliphatic rings. The largest absolute Gasteiger partial charge is 0.238 e. The van der Waals surface area contributed by atoms with Gasteiger partial charge in [0.15, 0.2) is 11.5 Å². The first-order chi connectivity index (χ1) is 28.2. The molecule has 0 N–H and O–H groups in total. The standard InChI is InChI=1S/C54H33N3/c1-55-42-29-30-45-46-32-41(28-31-49(46)54(50(45)33-42)47-18-10-8-16-43(47)44-17-9-11-19-48(44)54)37-22-26-39(27-23-37)52-34-51(56-53(57-52)40-14-6-3-7-15-40)38-24-20-36(21-25-38)35-12-4-2-5-13-35/h2-34H. The van der Waals surface area contributed by atoms with Gasteiger partial charge >= 0.3 is 0 Å². The molecule has 8 aromatic carbocycles. The van der Waals surface area contributed by atoms with E-state index in [2.05, 4.69) is 175 Å². The van der Waals surface area contributed by atoms with Gasteiger partial charge in [-0.2, -0.15) is 0 Å². The Bertz CT molecular complexity index is 3000. The number of benzene rings is 8. The highest BCUT2D eigenvalue weighted by molar-refractivity contribution is 5.96. The molecule has 0 unspecified atom stereocenters. The Balaban J connectivity index is 1.000. The van der Waals surface area contributed by atoms with Crippen LogP contribution in [0.2, 0.25) is 0 Å². The molecule has 3 nitrogen and oxygen atoms in total. The minimum Gasteiger partial charge on any atom is -0.238 e. The molecule has 0 fully saturated rings. The Hall–Kier alpha value is -7.67. The fraction of sp³-hybridized carbons (Fsp3) is 0.0185. The van der Waals surface area contributed by atoms with E-state index in [9.17, 15) is 0 Å². The van der Waals surface area contributed by atoms with Crippen molar-refractivity contribution in [2.45, 2.75) is 5.41 Å². The molecule has 0 atom stereocenters. The molecule has 1 heterocycles. The van der Waals surface area contributed by atoms with Gasteiger partial charge in [-0.3, -0.25) is 0 Å². The molecule has 1 spiro atoms. The van der Waals surface area contributed by atoms with Crippen molar-refractivity contribution in [2.75, 3.05) is 0 Å². The van der Waals surface area contributed by atoms with E-state index in [-0.39, 0.29) is 0 Å². The van der Waals surface area contributed by atoms with Crippen LogP contribution in [0.4, 0.5) is 5.69 Å². The van der Waals surface area contributed by atoms with Crippen molar-refractivity contribution in [2.24, 2.45) is 0 Å². The maximum Gasteiger partial charge on any atom is 0.187 e. The Morgan fingerprint density at radius 3 is 1.39 bits per heavy atom. The first kappa shape index (κ1) is 32.7. The lowest BCUT2D eigenvalue weighted by Crippen LogP contribution is -2.25. The van der Waals surface area contributed by atoms with Gasteiger partial charge in [0.25, 0.3) is 0 Å². The van der Waals surface area contributed by atoms with Crippen LogP contribution in [0.15, 0.2) is 200 Å². The monoisotopic (exact) mass is 723 g/mol. The molecule has 11 rings (SSSR count). The molecule has 2 aliphatic carbocycles. The van der Waals surface area contributed by atoms with Crippen LogP contribution in [0.3, 0.4) is 0 Å². The number of aromatic nitrogens is 2. The highest BCUT2D eigenvalue weighted by Crippen LogP contribution is 2.63. The summed E-state index contributed by atoms with van der Waals surface area (Å²) in [4.78, 5) is 14.0. The van der Waals surface area contributed by atoms with Gasteiger partial charge in [0.1, 0.15) is 0 Å². The van der Waals surface area contributed by atoms with Gasteiger partial charge in [-0.15, -0.1) is 0 Å². The van der Waals surface area contributed by atoms with E-state index in [4.69, 9.17) is 16.5 Å². The zero-order valence-corrected chi connectivity index (χ0v) is 30.9. The summed E-state index contributed by atoms with van der Waals surface area (Å²) < 4.78 is 0. The lowest BCUT2D eigenvalue weighted by Gasteiger charge is -2.30. The number of rotatable bonds is 5. The molecular formula is C54H33N3. The smallest absolute Gasteiger partial charge is 0.187 e. The average molecular weight is 724 g/mol. The first-order valence-electron chi connectivity index (χ1n) is 19.3. The fourth-order valence-electron chi connectivity index (χ4n) is 9.14. The second kappa shape index (κ2) is 13.0. The van der Waals surface area contributed by atoms with Crippen LogP contribution in [-0.2, 0) is 5.41 Å². The Morgan fingerprint density at radius 1 is 0.333 bits per heavy atom. The molecule has 0 radical (unpaired) electrons. The van der Waals surface area contributed by atoms with E-state index in [1.807, 2.05) is 30.3 Å². The van der Waals surface area contributed by atoms with Gasteiger partial charge in [-0.1, -0.05) is 188 Å². The van der Waals surface area contributed by atoms with E-state index in [1.54, 1.807) is 0 Å². The maximum atomic E-state index is 7.91. The number of hydrogen-bond acceptors (Lipinski definition) is 2. The highest BCUT2D eigenvalue weighted by atomic mass is 14.9. The summed E-state index contributed by atoms with van der Waals surface area (Å²) >= 11 is 0. The van der Waals surface area contributed by atoms with Gasteiger partial charge in [-0.25, -0.2) is 14.8 Å². The summed E-state index contributed by atoms with van der Waals surface area (Å²) in [5.41, 5.74) is 19.5. The van der Waals surface area contributed by atoms with Crippen LogP contribution in [0, 0.1) is 6.57 Å². The van der Waals surface area contributed by atoms with Crippen molar-refractivity contribution in [1.82, 2.24) is 9.97 Å². The SMILES string of the molecule is [C-]#[N+]c1ccc2c(c1)C1(c3ccccc3-c3ccccc31)c1ccc(-c3ccc(-c4cc(-c5ccc(-c6ccccc6)cc5)nc(-c5ccccc5)n4)cc3)cc1-2. The Morgan fingerprint density at radius 2 is 0.789 bits per heavy atom. The summed E-state index contributed by atoms with van der Waals surface area (Å²) in [6.07, 6.45) is 0. The number of hydrogen-bond donors (Lipinski definition) is 0. The van der Waals surface area contributed by atoms with Crippen molar-refractivity contribution in [3.05, 3.63) is 234 Å². The molecule has 1 aromatic heterocycles. The van der Waals surface area contributed by atoms with E-state index in [0.29, 0.717) is 11.5 Å². The third-order valence-corrected chi connectivity index (χ3v) is 11.8. The minimum atomic E-state index is -0.482. The van der Waals surface area contributed by atoms with Gasteiger partial charge in [0.05, 0.1) is 23.4 Å². The lowest BCUT2D eigenvalue weighted by atomic mass is 9.70. The lowest BCUT2D eigenvalue weighted by molar-refractivity contribution is 0.794. The van der Waals surface area contributed by atoms with Crippen LogP contribution < -0.4 is 0 Å². The molecule has 0 aliphatic heterocycles. The molecular weight excluding hydrogens is 691 g/mol. The Kier molecular flexibility index (Phi) is 7.45. The molecule has 0 saturated heterocycles. The second-order valence-electron chi connectivity index (χ2n) is 14.8. The van der Waals surface area contributed by atoms with E-state index < -0.39 is 5.41 Å². The van der Waals surface area contributed by atoms with Crippen LogP contribution >= 0.6 is 0 Å². The molecule has 0 saturated carbocycles. The predicted molar refractivity (Wildman–Crippen MR) is 232 cm³/mol. The maximum absolute atomic E-state index is 7.91. The normalized spacial score (nSPS) is 12.7. The molecule has 9 aromatic rings. The molecule has 0 amide bonds. The van der Waals surface area contributed by atoms with Crippen molar-refractivity contribution in [1.29, 1.82) is 0 Å². The summed E-state index contributed by atoms with van der Waals surface area (Å²) in [5, 5.41) is 0. The third-order valence-electron chi connectivity index (χ3n) is 11.8. The first-order valence-corrected chi connectivity index (χ1v) is 19.3. The van der Waals surface area contributed by atoms with E-state index >= 15 is 0 Å². The minimum absolute atomic E-state index is 0.482. The third kappa shape index (κ3) is 5.12. The van der Waals surface area contributed by atoms with Crippen LogP contribution in [0.1, 0.15) is 22.3 Å². The summed E-state index contributed by atoms with van der Waals surface area (Å²) in [5.74, 6) is 0.696. The van der Waals surface area contributed by atoms with Gasteiger partial charge in [-0.05, 0) is 78.9 Å². The topological polar surface area (TPSA) is 30.1 Å². The van der Waals surface area contributed by atoms with Gasteiger partial charge in [0.2, 0.25) is 0 Å². The van der Waals surface area contributed by atoms with Crippen LogP contribution in [-0.4, -0.2) is 9.97 Å². The molecule has 57 heavy (non-hydrogen) atoms. The molecule has 3 heteroatoms. The Labute approximate surface area is 332 Å². The van der Waals surface area contributed by atoms with Gasteiger partial charge in [0, 0.05) is 16.7 Å². The van der Waals surface area contributed by atoms with Crippen LogP contribution in [0.25, 0.3) is 83.3 Å². The van der Waals surface area contributed by atoms with Crippen molar-refractivity contribution < 1.29 is 0 Å². The van der Waals surface area contributed by atoms with Crippen molar-refractivity contribution >= 4 is 5.69 Å². The number of fused-ring (bicyclic) bond motifs is 10. The second-order valence-corrected chi connectivity index (χ2v) is 14.8. The summed E-state index contributed by atoms with van der Waals surface area (Å²) in [6, 6.07) is 70.8. The summed E-state index contributed by atoms with van der Waals surface area (Å²) in [7, 11) is 0. The average Bonchev–Trinajstić information content (AvgIpc) is 3.76. The predicted octanol–water partition coefficient (Wildman–Crippen LogP) is 13.7. The fourth-order valence-corrected chi connectivity index (χ4v) is 9.14. The van der Waals surface area contributed by atoms with E-state index in [0.717, 1.165) is 39.2 Å². The molecule has 0 bridgehead atoms. The highest BCUT2D eigenvalue weighted by Gasteiger charge is 2.51. The van der Waals surface area contributed by atoms with E-state index in [1.165, 1.54) is 55.6 Å².